The molecule has 1 heterocycles. The Labute approximate surface area is 54.1 Å². The molecule has 1 aliphatic heterocycles. The summed E-state index contributed by atoms with van der Waals surface area (Å²) in [5.74, 6) is -0.0347. The van der Waals surface area contributed by atoms with Crippen LogP contribution in [0.4, 0.5) is 0 Å². The fourth-order valence-electron chi connectivity index (χ4n) is 0.921. The van der Waals surface area contributed by atoms with Crippen LogP contribution in [0.15, 0.2) is 0 Å². The molecule has 0 aliphatic carbocycles. The van der Waals surface area contributed by atoms with E-state index in [9.17, 15) is 4.79 Å². The summed E-state index contributed by atoms with van der Waals surface area (Å²) in [4.78, 5) is 10.7. The largest absolute Gasteiger partial charge is 0.373 e. The summed E-state index contributed by atoms with van der Waals surface area (Å²) >= 11 is 0. The number of hydrogen-bond donors (Lipinski definition) is 2. The Hall–Kier alpha value is -0.570. The molecule has 0 saturated carbocycles. The van der Waals surface area contributed by atoms with Crippen LogP contribution in [-0.2, 0) is 4.79 Å². The highest BCUT2D eigenvalue weighted by molar-refractivity contribution is 5.80. The number of amides is 1. The third-order valence-corrected chi connectivity index (χ3v) is 1.99. The Kier molecular flexibility index (Phi) is 1.45. The Morgan fingerprint density at radius 3 is 2.22 bits per heavy atom. The second kappa shape index (κ2) is 1.99. The summed E-state index contributed by atoms with van der Waals surface area (Å²) in [6.07, 6.45) is -0.632. The normalized spacial score (nSPS) is 43.0. The van der Waals surface area contributed by atoms with Crippen LogP contribution in [0.3, 0.4) is 0 Å². The van der Waals surface area contributed by atoms with E-state index in [4.69, 9.17) is 5.11 Å². The molecule has 0 aromatic carbocycles. The smallest absolute Gasteiger partial charge is 0.225 e. The van der Waals surface area contributed by atoms with Crippen molar-refractivity contribution < 1.29 is 9.90 Å². The SMILES string of the molecule is CC1C(=O)NC(O)C1C. The van der Waals surface area contributed by atoms with E-state index in [2.05, 4.69) is 5.32 Å². The minimum absolute atomic E-state index is 0.0417. The maximum Gasteiger partial charge on any atom is 0.225 e. The second-order valence-corrected chi connectivity index (χ2v) is 2.60. The van der Waals surface area contributed by atoms with Gasteiger partial charge in [0.15, 0.2) is 0 Å². The molecule has 0 aromatic rings. The summed E-state index contributed by atoms with van der Waals surface area (Å²) in [5.41, 5.74) is 0. The molecule has 3 atom stereocenters. The lowest BCUT2D eigenvalue weighted by Gasteiger charge is -2.07. The van der Waals surface area contributed by atoms with E-state index in [1.54, 1.807) is 0 Å². The molecule has 1 fully saturated rings. The van der Waals surface area contributed by atoms with Crippen molar-refractivity contribution in [3.05, 3.63) is 0 Å². The average Bonchev–Trinajstić information content (AvgIpc) is 1.98. The van der Waals surface area contributed by atoms with Crippen LogP contribution in [-0.4, -0.2) is 17.2 Å². The molecule has 0 radical (unpaired) electrons. The predicted molar refractivity (Wildman–Crippen MR) is 32.5 cm³/mol. The molecular weight excluding hydrogens is 118 g/mol. The molecule has 1 rings (SSSR count). The van der Waals surface area contributed by atoms with Gasteiger partial charge in [0.2, 0.25) is 5.91 Å². The first-order chi connectivity index (χ1) is 4.13. The topological polar surface area (TPSA) is 49.3 Å². The molecule has 0 spiro atoms. The maximum absolute atomic E-state index is 10.7. The van der Waals surface area contributed by atoms with Gasteiger partial charge in [0.1, 0.15) is 6.23 Å². The van der Waals surface area contributed by atoms with Gasteiger partial charge in [0.25, 0.3) is 0 Å². The lowest BCUT2D eigenvalue weighted by atomic mass is 9.99. The highest BCUT2D eigenvalue weighted by Crippen LogP contribution is 2.19. The molecule has 52 valence electrons. The minimum Gasteiger partial charge on any atom is -0.373 e. The maximum atomic E-state index is 10.7. The van der Waals surface area contributed by atoms with E-state index in [1.165, 1.54) is 0 Å². The van der Waals surface area contributed by atoms with Crippen LogP contribution in [0, 0.1) is 11.8 Å². The van der Waals surface area contributed by atoms with Gasteiger partial charge in [0.05, 0.1) is 0 Å². The zero-order valence-electron chi connectivity index (χ0n) is 5.59. The van der Waals surface area contributed by atoms with Crippen molar-refractivity contribution in [3.8, 4) is 0 Å². The summed E-state index contributed by atoms with van der Waals surface area (Å²) in [6.45, 7) is 3.67. The van der Waals surface area contributed by atoms with Crippen LogP contribution in [0.2, 0.25) is 0 Å². The summed E-state index contributed by atoms with van der Waals surface area (Å²) in [5, 5.41) is 11.4. The predicted octanol–water partition coefficient (Wildman–Crippen LogP) is -0.293. The summed E-state index contributed by atoms with van der Waals surface area (Å²) < 4.78 is 0. The number of rotatable bonds is 0. The van der Waals surface area contributed by atoms with E-state index < -0.39 is 6.23 Å². The summed E-state index contributed by atoms with van der Waals surface area (Å²) in [7, 11) is 0. The fourth-order valence-corrected chi connectivity index (χ4v) is 0.921. The van der Waals surface area contributed by atoms with Crippen molar-refractivity contribution in [2.75, 3.05) is 0 Å². The lowest BCUT2D eigenvalue weighted by Crippen LogP contribution is -2.27. The van der Waals surface area contributed by atoms with E-state index in [1.807, 2.05) is 13.8 Å². The Morgan fingerprint density at radius 1 is 1.56 bits per heavy atom. The van der Waals surface area contributed by atoms with Gasteiger partial charge < -0.3 is 10.4 Å². The quantitative estimate of drug-likeness (QED) is 0.472. The minimum atomic E-state index is -0.632. The number of hydrogen-bond acceptors (Lipinski definition) is 2. The number of aliphatic hydroxyl groups is 1. The van der Waals surface area contributed by atoms with Crippen molar-refractivity contribution in [2.24, 2.45) is 11.8 Å². The third kappa shape index (κ3) is 0.920. The zero-order chi connectivity index (χ0) is 7.02. The van der Waals surface area contributed by atoms with Crippen molar-refractivity contribution >= 4 is 5.91 Å². The van der Waals surface area contributed by atoms with Gasteiger partial charge in [-0.1, -0.05) is 13.8 Å². The fraction of sp³-hybridized carbons (Fsp3) is 0.833. The van der Waals surface area contributed by atoms with Crippen LogP contribution >= 0.6 is 0 Å². The van der Waals surface area contributed by atoms with Gasteiger partial charge in [-0.2, -0.15) is 0 Å². The van der Waals surface area contributed by atoms with Gasteiger partial charge >= 0.3 is 0 Å². The summed E-state index contributed by atoms with van der Waals surface area (Å²) in [6, 6.07) is 0. The molecule has 3 unspecified atom stereocenters. The average molecular weight is 129 g/mol. The Morgan fingerprint density at radius 2 is 2.11 bits per heavy atom. The molecule has 0 bridgehead atoms. The highest BCUT2D eigenvalue weighted by Gasteiger charge is 2.34. The van der Waals surface area contributed by atoms with Crippen molar-refractivity contribution in [3.63, 3.8) is 0 Å². The van der Waals surface area contributed by atoms with Crippen LogP contribution in [0.25, 0.3) is 0 Å². The third-order valence-electron chi connectivity index (χ3n) is 1.99. The number of aliphatic hydroxyl groups excluding tert-OH is 1. The molecule has 3 heteroatoms. The van der Waals surface area contributed by atoms with E-state index in [0.717, 1.165) is 0 Å². The van der Waals surface area contributed by atoms with Crippen LogP contribution in [0.1, 0.15) is 13.8 Å². The second-order valence-electron chi connectivity index (χ2n) is 2.60. The number of nitrogens with one attached hydrogen (secondary N) is 1. The number of carbonyl (C=O) groups excluding carboxylic acids is 1. The Balaban J connectivity index is 2.65. The molecule has 3 nitrogen and oxygen atoms in total. The van der Waals surface area contributed by atoms with Crippen molar-refractivity contribution in [1.29, 1.82) is 0 Å². The molecule has 9 heavy (non-hydrogen) atoms. The number of carbonyl (C=O) groups is 1. The standard InChI is InChI=1S/C6H11NO2/c1-3-4(2)6(9)7-5(3)8/h3-5,8H,1-2H3,(H,7,9). The van der Waals surface area contributed by atoms with Crippen molar-refractivity contribution in [2.45, 2.75) is 20.1 Å². The molecular formula is C6H11NO2. The molecule has 1 amide bonds. The zero-order valence-corrected chi connectivity index (χ0v) is 5.59. The first-order valence-corrected chi connectivity index (χ1v) is 3.11. The van der Waals surface area contributed by atoms with Gasteiger partial charge in [-0.25, -0.2) is 0 Å². The molecule has 1 aliphatic rings. The van der Waals surface area contributed by atoms with Gasteiger partial charge in [0, 0.05) is 11.8 Å². The van der Waals surface area contributed by atoms with E-state index in [-0.39, 0.29) is 17.7 Å². The first-order valence-electron chi connectivity index (χ1n) is 3.11. The Bertz CT molecular complexity index is 135. The van der Waals surface area contributed by atoms with Crippen LogP contribution < -0.4 is 5.32 Å². The molecule has 1 saturated heterocycles. The van der Waals surface area contributed by atoms with Gasteiger partial charge in [-0.3, -0.25) is 4.79 Å². The first kappa shape index (κ1) is 6.55. The van der Waals surface area contributed by atoms with E-state index in [0.29, 0.717) is 0 Å². The van der Waals surface area contributed by atoms with E-state index >= 15 is 0 Å². The van der Waals surface area contributed by atoms with Gasteiger partial charge in [-0.05, 0) is 0 Å². The van der Waals surface area contributed by atoms with Crippen LogP contribution in [0.5, 0.6) is 0 Å². The van der Waals surface area contributed by atoms with Crippen molar-refractivity contribution in [1.82, 2.24) is 5.32 Å². The monoisotopic (exact) mass is 129 g/mol. The lowest BCUT2D eigenvalue weighted by molar-refractivity contribution is -0.122. The highest BCUT2D eigenvalue weighted by atomic mass is 16.3. The molecule has 0 aromatic heterocycles. The van der Waals surface area contributed by atoms with Gasteiger partial charge in [-0.15, -0.1) is 0 Å². The molecule has 2 N–H and O–H groups in total.